The molecule has 0 radical (unpaired) electrons. The molecule has 0 spiro atoms. The Morgan fingerprint density at radius 1 is 1.50 bits per heavy atom. The molecule has 0 aliphatic carbocycles. The minimum absolute atomic E-state index is 0.138. The summed E-state index contributed by atoms with van der Waals surface area (Å²) >= 11 is 1.16. The Labute approximate surface area is 96.7 Å². The fourth-order valence-corrected chi connectivity index (χ4v) is 1.82. The van der Waals surface area contributed by atoms with Gasteiger partial charge in [-0.2, -0.15) is 0 Å². The van der Waals surface area contributed by atoms with Crippen molar-refractivity contribution >= 4 is 17.7 Å². The van der Waals surface area contributed by atoms with E-state index in [0.717, 1.165) is 11.8 Å². The van der Waals surface area contributed by atoms with E-state index in [1.165, 1.54) is 19.1 Å². The lowest BCUT2D eigenvalue weighted by Crippen LogP contribution is -2.14. The maximum Gasteiger partial charge on any atom is 0.306 e. The lowest BCUT2D eigenvalue weighted by atomic mass is 10.0. The summed E-state index contributed by atoms with van der Waals surface area (Å²) in [5.41, 5.74) is -0.151. The van der Waals surface area contributed by atoms with Crippen LogP contribution in [-0.2, 0) is 11.2 Å². The second-order valence-electron chi connectivity index (χ2n) is 3.49. The summed E-state index contributed by atoms with van der Waals surface area (Å²) in [6.07, 6.45) is 1.54. The molecule has 0 saturated carbocycles. The third-order valence-electron chi connectivity index (χ3n) is 2.30. The van der Waals surface area contributed by atoms with E-state index in [-0.39, 0.29) is 12.0 Å². The van der Waals surface area contributed by atoms with Gasteiger partial charge in [0.15, 0.2) is 0 Å². The number of halogens is 2. The molecule has 0 bridgehead atoms. The van der Waals surface area contributed by atoms with Crippen LogP contribution in [0, 0.1) is 17.6 Å². The average molecular weight is 246 g/mol. The van der Waals surface area contributed by atoms with E-state index in [9.17, 15) is 13.6 Å². The molecule has 1 aromatic rings. The van der Waals surface area contributed by atoms with Crippen LogP contribution >= 0.6 is 11.8 Å². The first-order chi connectivity index (χ1) is 7.47. The number of hydrogen-bond donors (Lipinski definition) is 1. The highest BCUT2D eigenvalue weighted by Gasteiger charge is 2.19. The summed E-state index contributed by atoms with van der Waals surface area (Å²) in [4.78, 5) is 11.0. The van der Waals surface area contributed by atoms with E-state index in [4.69, 9.17) is 5.11 Å². The number of carboxylic acids is 1. The van der Waals surface area contributed by atoms with Crippen LogP contribution < -0.4 is 0 Å². The molecular formula is C11H12F2O2S. The Hall–Kier alpha value is -1.10. The van der Waals surface area contributed by atoms with Gasteiger partial charge in [-0.3, -0.25) is 4.79 Å². The highest BCUT2D eigenvalue weighted by molar-refractivity contribution is 7.98. The largest absolute Gasteiger partial charge is 0.481 e. The van der Waals surface area contributed by atoms with Crippen molar-refractivity contribution in [1.82, 2.24) is 0 Å². The van der Waals surface area contributed by atoms with E-state index in [1.807, 2.05) is 0 Å². The van der Waals surface area contributed by atoms with Crippen molar-refractivity contribution in [1.29, 1.82) is 0 Å². The van der Waals surface area contributed by atoms with Crippen molar-refractivity contribution in [3.05, 3.63) is 29.3 Å². The molecule has 5 heteroatoms. The van der Waals surface area contributed by atoms with Gasteiger partial charge >= 0.3 is 5.97 Å². The van der Waals surface area contributed by atoms with E-state index in [1.54, 1.807) is 6.26 Å². The summed E-state index contributed by atoms with van der Waals surface area (Å²) < 4.78 is 27.1. The Balaban J connectivity index is 3.07. The molecule has 0 fully saturated rings. The van der Waals surface area contributed by atoms with Crippen molar-refractivity contribution in [3.63, 3.8) is 0 Å². The first-order valence-corrected chi connectivity index (χ1v) is 5.93. The number of hydrogen-bond acceptors (Lipinski definition) is 2. The summed E-state index contributed by atoms with van der Waals surface area (Å²) in [5, 5.41) is 8.70. The first kappa shape index (κ1) is 13.0. The van der Waals surface area contributed by atoms with Crippen LogP contribution in [0.25, 0.3) is 0 Å². The van der Waals surface area contributed by atoms with Gasteiger partial charge in [-0.1, -0.05) is 6.92 Å². The van der Waals surface area contributed by atoms with Crippen molar-refractivity contribution in [3.8, 4) is 0 Å². The summed E-state index contributed by atoms with van der Waals surface area (Å²) in [6.45, 7) is 1.42. The second kappa shape index (κ2) is 5.30. The minimum atomic E-state index is -1.06. The van der Waals surface area contributed by atoms with Crippen molar-refractivity contribution in [2.75, 3.05) is 6.26 Å². The molecule has 1 atom stereocenters. The molecule has 0 saturated heterocycles. The first-order valence-electron chi connectivity index (χ1n) is 4.71. The third-order valence-corrected chi connectivity index (χ3v) is 3.06. The topological polar surface area (TPSA) is 37.3 Å². The quantitative estimate of drug-likeness (QED) is 0.830. The second-order valence-corrected chi connectivity index (χ2v) is 4.33. The maximum absolute atomic E-state index is 13.7. The lowest BCUT2D eigenvalue weighted by Gasteiger charge is -2.10. The van der Waals surface area contributed by atoms with Crippen molar-refractivity contribution in [2.24, 2.45) is 5.92 Å². The number of benzene rings is 1. The number of rotatable bonds is 4. The molecule has 0 aliphatic heterocycles. The standard InChI is InChI=1S/C11H12F2O2S/c1-6(11(14)15)5-7-8(12)3-4-9(16-2)10(7)13/h3-4,6H,5H2,1-2H3,(H,14,15). The van der Waals surface area contributed by atoms with Gasteiger partial charge in [0.2, 0.25) is 0 Å². The van der Waals surface area contributed by atoms with Gasteiger partial charge in [-0.15, -0.1) is 11.8 Å². The molecule has 1 rings (SSSR count). The summed E-state index contributed by atoms with van der Waals surface area (Å²) in [5.74, 6) is -3.21. The van der Waals surface area contributed by atoms with Gasteiger partial charge in [0, 0.05) is 10.5 Å². The molecule has 1 N–H and O–H groups in total. The van der Waals surface area contributed by atoms with Gasteiger partial charge in [0.1, 0.15) is 11.6 Å². The van der Waals surface area contributed by atoms with Gasteiger partial charge in [0.05, 0.1) is 5.92 Å². The fourth-order valence-electron chi connectivity index (χ4n) is 1.31. The molecule has 1 aromatic carbocycles. The molecule has 0 heterocycles. The molecule has 16 heavy (non-hydrogen) atoms. The SMILES string of the molecule is CSc1ccc(F)c(CC(C)C(=O)O)c1F. The van der Waals surface area contributed by atoms with Crippen LogP contribution in [0.15, 0.2) is 17.0 Å². The predicted octanol–water partition coefficient (Wildman–Crippen LogP) is 2.95. The monoisotopic (exact) mass is 246 g/mol. The van der Waals surface area contributed by atoms with Gasteiger partial charge in [0.25, 0.3) is 0 Å². The molecular weight excluding hydrogens is 234 g/mol. The van der Waals surface area contributed by atoms with Crippen LogP contribution in [0.4, 0.5) is 8.78 Å². The number of carboxylic acid groups (broad SMARTS) is 1. The van der Waals surface area contributed by atoms with Crippen molar-refractivity contribution < 1.29 is 18.7 Å². The zero-order chi connectivity index (χ0) is 12.3. The zero-order valence-electron chi connectivity index (χ0n) is 8.96. The highest BCUT2D eigenvalue weighted by atomic mass is 32.2. The Bertz CT molecular complexity index is 407. The van der Waals surface area contributed by atoms with Crippen LogP contribution in [0.2, 0.25) is 0 Å². The van der Waals surface area contributed by atoms with Gasteiger partial charge in [-0.25, -0.2) is 8.78 Å². The molecule has 0 aliphatic rings. The normalized spacial score (nSPS) is 12.5. The molecule has 88 valence electrons. The number of thioether (sulfide) groups is 1. The molecule has 0 amide bonds. The summed E-state index contributed by atoms with van der Waals surface area (Å²) in [7, 11) is 0. The van der Waals surface area contributed by atoms with E-state index in [2.05, 4.69) is 0 Å². The fraction of sp³-hybridized carbons (Fsp3) is 0.364. The Morgan fingerprint density at radius 3 is 2.62 bits per heavy atom. The van der Waals surface area contributed by atoms with Gasteiger partial charge in [-0.05, 0) is 24.8 Å². The van der Waals surface area contributed by atoms with E-state index < -0.39 is 23.5 Å². The predicted molar refractivity (Wildman–Crippen MR) is 58.6 cm³/mol. The van der Waals surface area contributed by atoms with Crippen LogP contribution in [-0.4, -0.2) is 17.3 Å². The molecule has 2 nitrogen and oxygen atoms in total. The van der Waals surface area contributed by atoms with Gasteiger partial charge < -0.3 is 5.11 Å². The van der Waals surface area contributed by atoms with Crippen LogP contribution in [0.1, 0.15) is 12.5 Å². The zero-order valence-corrected chi connectivity index (χ0v) is 9.78. The Kier molecular flexibility index (Phi) is 4.29. The van der Waals surface area contributed by atoms with E-state index >= 15 is 0 Å². The number of carbonyl (C=O) groups is 1. The van der Waals surface area contributed by atoms with E-state index in [0.29, 0.717) is 4.90 Å². The Morgan fingerprint density at radius 2 is 2.12 bits per heavy atom. The summed E-state index contributed by atoms with van der Waals surface area (Å²) in [6, 6.07) is 2.52. The smallest absolute Gasteiger partial charge is 0.306 e. The third kappa shape index (κ3) is 2.72. The van der Waals surface area contributed by atoms with Crippen molar-refractivity contribution in [2.45, 2.75) is 18.2 Å². The molecule has 0 aromatic heterocycles. The minimum Gasteiger partial charge on any atom is -0.481 e. The maximum atomic E-state index is 13.7. The van der Waals surface area contributed by atoms with Crippen LogP contribution in [0.3, 0.4) is 0 Å². The highest BCUT2D eigenvalue weighted by Crippen LogP contribution is 2.25. The lowest BCUT2D eigenvalue weighted by molar-refractivity contribution is -0.141. The molecule has 1 unspecified atom stereocenters. The average Bonchev–Trinajstić information content (AvgIpc) is 2.24. The number of aliphatic carboxylic acids is 1. The van der Waals surface area contributed by atoms with Crippen LogP contribution in [0.5, 0.6) is 0 Å².